The van der Waals surface area contributed by atoms with Gasteiger partial charge in [-0.25, -0.2) is 0 Å². The zero-order valence-corrected chi connectivity index (χ0v) is 12.9. The van der Waals surface area contributed by atoms with E-state index in [9.17, 15) is 0 Å². The smallest absolute Gasteiger partial charge is 0.103 e. The van der Waals surface area contributed by atoms with Crippen molar-refractivity contribution in [3.05, 3.63) is 57.2 Å². The van der Waals surface area contributed by atoms with Gasteiger partial charge >= 0.3 is 0 Å². The topological polar surface area (TPSA) is 38.0 Å². The third-order valence-corrected chi connectivity index (χ3v) is 3.59. The van der Waals surface area contributed by atoms with Crippen LogP contribution < -0.4 is 11.1 Å². The van der Waals surface area contributed by atoms with Crippen molar-refractivity contribution < 1.29 is 0 Å². The van der Waals surface area contributed by atoms with Gasteiger partial charge in [0.05, 0.1) is 0 Å². The molecule has 2 aromatic rings. The minimum atomic E-state index is 0.430. The average Bonchev–Trinajstić information content (AvgIpc) is 2.34. The second-order valence-corrected chi connectivity index (χ2v) is 5.71. The van der Waals surface area contributed by atoms with E-state index in [0.717, 1.165) is 22.5 Å². The van der Waals surface area contributed by atoms with E-state index in [1.165, 1.54) is 3.57 Å². The van der Waals surface area contributed by atoms with Crippen molar-refractivity contribution >= 4 is 51.2 Å². The van der Waals surface area contributed by atoms with Crippen molar-refractivity contribution in [1.82, 2.24) is 0 Å². The fourth-order valence-corrected chi connectivity index (χ4v) is 2.13. The van der Waals surface area contributed by atoms with Crippen LogP contribution in [0.2, 0.25) is 0 Å². The Morgan fingerprint density at radius 3 is 2.39 bits per heavy atom. The SMILES string of the molecule is Cc1cc(C(N)=S)ccc1Nc1ccc(I)cc1. The third-order valence-electron chi connectivity index (χ3n) is 2.63. The molecule has 0 bridgehead atoms. The maximum atomic E-state index is 5.61. The van der Waals surface area contributed by atoms with Crippen LogP contribution in [0.25, 0.3) is 0 Å². The molecule has 0 saturated heterocycles. The van der Waals surface area contributed by atoms with Gasteiger partial charge in [0.2, 0.25) is 0 Å². The van der Waals surface area contributed by atoms with Crippen LogP contribution in [0.1, 0.15) is 11.1 Å². The Kier molecular flexibility index (Phi) is 4.19. The molecule has 3 N–H and O–H groups in total. The van der Waals surface area contributed by atoms with Crippen LogP contribution in [0.4, 0.5) is 11.4 Å². The van der Waals surface area contributed by atoms with Crippen LogP contribution in [-0.4, -0.2) is 4.99 Å². The fourth-order valence-electron chi connectivity index (χ4n) is 1.65. The maximum Gasteiger partial charge on any atom is 0.103 e. The standard InChI is InChI=1S/C14H13IN2S/c1-9-8-10(14(16)18)2-7-13(9)17-12-5-3-11(15)4-6-12/h2-8,17H,1H3,(H2,16,18). The van der Waals surface area contributed by atoms with Crippen LogP contribution in [0, 0.1) is 10.5 Å². The van der Waals surface area contributed by atoms with Gasteiger partial charge in [-0.05, 0) is 77.5 Å². The van der Waals surface area contributed by atoms with E-state index in [-0.39, 0.29) is 0 Å². The highest BCUT2D eigenvalue weighted by Crippen LogP contribution is 2.22. The average molecular weight is 368 g/mol. The predicted octanol–water partition coefficient (Wildman–Crippen LogP) is 3.98. The van der Waals surface area contributed by atoms with Crippen LogP contribution in [0.3, 0.4) is 0 Å². The van der Waals surface area contributed by atoms with E-state index in [2.05, 4.69) is 52.2 Å². The monoisotopic (exact) mass is 368 g/mol. The summed E-state index contributed by atoms with van der Waals surface area (Å²) in [5.41, 5.74) is 9.77. The molecule has 2 nitrogen and oxygen atoms in total. The summed E-state index contributed by atoms with van der Waals surface area (Å²) in [7, 11) is 0. The molecule has 0 saturated carbocycles. The molecule has 0 spiro atoms. The number of thiocarbonyl (C=S) groups is 1. The molecule has 18 heavy (non-hydrogen) atoms. The molecule has 0 aliphatic heterocycles. The maximum absolute atomic E-state index is 5.61. The third kappa shape index (κ3) is 3.20. The lowest BCUT2D eigenvalue weighted by Gasteiger charge is -2.11. The zero-order chi connectivity index (χ0) is 13.1. The molecule has 2 rings (SSSR count). The summed E-state index contributed by atoms with van der Waals surface area (Å²) in [6.07, 6.45) is 0. The van der Waals surface area contributed by atoms with Crippen molar-refractivity contribution in [2.45, 2.75) is 6.92 Å². The van der Waals surface area contributed by atoms with Crippen LogP contribution in [0.15, 0.2) is 42.5 Å². The summed E-state index contributed by atoms with van der Waals surface area (Å²) in [6.45, 7) is 2.04. The first-order chi connectivity index (χ1) is 8.56. The van der Waals surface area contributed by atoms with E-state index in [4.69, 9.17) is 18.0 Å². The first-order valence-electron chi connectivity index (χ1n) is 5.49. The lowest BCUT2D eigenvalue weighted by molar-refractivity contribution is 1.42. The molecule has 4 heteroatoms. The number of nitrogens with one attached hydrogen (secondary N) is 1. The normalized spacial score (nSPS) is 10.1. The number of rotatable bonds is 3. The molecule has 0 aliphatic rings. The van der Waals surface area contributed by atoms with Gasteiger partial charge in [-0.15, -0.1) is 0 Å². The van der Waals surface area contributed by atoms with Gasteiger partial charge in [0.25, 0.3) is 0 Å². The second-order valence-electron chi connectivity index (χ2n) is 4.03. The highest BCUT2D eigenvalue weighted by Gasteiger charge is 2.02. The summed E-state index contributed by atoms with van der Waals surface area (Å²) < 4.78 is 1.22. The van der Waals surface area contributed by atoms with E-state index in [0.29, 0.717) is 4.99 Å². The Morgan fingerprint density at radius 1 is 1.17 bits per heavy atom. The van der Waals surface area contributed by atoms with E-state index in [1.807, 2.05) is 25.1 Å². The molecular formula is C14H13IN2S. The number of halogens is 1. The number of benzene rings is 2. The summed E-state index contributed by atoms with van der Waals surface area (Å²) in [5, 5.41) is 3.38. The molecule has 0 radical (unpaired) electrons. The summed E-state index contributed by atoms with van der Waals surface area (Å²) in [5.74, 6) is 0. The molecule has 0 aromatic heterocycles. The minimum Gasteiger partial charge on any atom is -0.389 e. The molecule has 0 atom stereocenters. The van der Waals surface area contributed by atoms with Crippen molar-refractivity contribution in [3.63, 3.8) is 0 Å². The predicted molar refractivity (Wildman–Crippen MR) is 89.5 cm³/mol. The Hall–Kier alpha value is -1.14. The van der Waals surface area contributed by atoms with Gasteiger partial charge in [0.1, 0.15) is 4.99 Å². The van der Waals surface area contributed by atoms with Crippen LogP contribution >= 0.6 is 34.8 Å². The second kappa shape index (κ2) is 5.67. The van der Waals surface area contributed by atoms with E-state index < -0.39 is 0 Å². The number of hydrogen-bond donors (Lipinski definition) is 2. The number of anilines is 2. The fraction of sp³-hybridized carbons (Fsp3) is 0.0714. The quantitative estimate of drug-likeness (QED) is 0.636. The molecule has 0 unspecified atom stereocenters. The Bertz CT molecular complexity index is 579. The van der Waals surface area contributed by atoms with Crippen LogP contribution in [-0.2, 0) is 0 Å². The summed E-state index contributed by atoms with van der Waals surface area (Å²) in [4.78, 5) is 0.430. The largest absolute Gasteiger partial charge is 0.389 e. The zero-order valence-electron chi connectivity index (χ0n) is 9.91. The first kappa shape index (κ1) is 13.3. The highest BCUT2D eigenvalue weighted by molar-refractivity contribution is 14.1. The Labute approximate surface area is 126 Å². The van der Waals surface area contributed by atoms with Crippen molar-refractivity contribution in [2.75, 3.05) is 5.32 Å². The molecular weight excluding hydrogens is 355 g/mol. The molecule has 0 aliphatic carbocycles. The lowest BCUT2D eigenvalue weighted by atomic mass is 10.1. The van der Waals surface area contributed by atoms with E-state index in [1.54, 1.807) is 0 Å². The first-order valence-corrected chi connectivity index (χ1v) is 6.98. The lowest BCUT2D eigenvalue weighted by Crippen LogP contribution is -2.09. The Morgan fingerprint density at radius 2 is 1.83 bits per heavy atom. The van der Waals surface area contributed by atoms with Gasteiger partial charge < -0.3 is 11.1 Å². The molecule has 0 fully saturated rings. The van der Waals surface area contributed by atoms with Gasteiger partial charge in [-0.2, -0.15) is 0 Å². The van der Waals surface area contributed by atoms with Gasteiger partial charge in [0, 0.05) is 20.5 Å². The molecule has 2 aromatic carbocycles. The molecule has 0 heterocycles. The number of aryl methyl sites for hydroxylation is 1. The Balaban J connectivity index is 2.24. The number of nitrogens with two attached hydrogens (primary N) is 1. The van der Waals surface area contributed by atoms with Crippen molar-refractivity contribution in [2.24, 2.45) is 5.73 Å². The van der Waals surface area contributed by atoms with Gasteiger partial charge in [0.15, 0.2) is 0 Å². The highest BCUT2D eigenvalue weighted by atomic mass is 127. The summed E-state index contributed by atoms with van der Waals surface area (Å²) >= 11 is 7.26. The van der Waals surface area contributed by atoms with Crippen LogP contribution in [0.5, 0.6) is 0 Å². The molecule has 0 amide bonds. The molecule has 92 valence electrons. The minimum absolute atomic E-state index is 0.430. The van der Waals surface area contributed by atoms with Crippen molar-refractivity contribution in [3.8, 4) is 0 Å². The van der Waals surface area contributed by atoms with Crippen molar-refractivity contribution in [1.29, 1.82) is 0 Å². The summed E-state index contributed by atoms with van der Waals surface area (Å²) in [6, 6.07) is 14.2. The van der Waals surface area contributed by atoms with E-state index >= 15 is 0 Å². The van der Waals surface area contributed by atoms with Gasteiger partial charge in [-0.1, -0.05) is 12.2 Å². The number of hydrogen-bond acceptors (Lipinski definition) is 2. The van der Waals surface area contributed by atoms with Gasteiger partial charge in [-0.3, -0.25) is 0 Å².